The number of hydrogen-bond donors (Lipinski definition) is 1. The fourth-order valence-electron chi connectivity index (χ4n) is 1.19. The molecule has 0 aromatic carbocycles. The number of halogens is 1. The standard InChI is InChI=1S/C10H11BrO3S/c1-6-5-7(11)10(15-6)8(12)3-2-4-9(13)14/h5H,2-4H2,1H3,(H,13,14). The van der Waals surface area contributed by atoms with Crippen LogP contribution in [0.25, 0.3) is 0 Å². The Labute approximate surface area is 100 Å². The van der Waals surface area contributed by atoms with E-state index in [1.54, 1.807) is 0 Å². The van der Waals surface area contributed by atoms with Crippen LogP contribution in [0.1, 0.15) is 33.8 Å². The zero-order valence-electron chi connectivity index (χ0n) is 8.25. The second-order valence-corrected chi connectivity index (χ2v) is 5.32. The van der Waals surface area contributed by atoms with Gasteiger partial charge in [-0.15, -0.1) is 11.3 Å². The second-order valence-electron chi connectivity index (χ2n) is 3.20. The number of carbonyl (C=O) groups excluding carboxylic acids is 1. The van der Waals surface area contributed by atoms with Gasteiger partial charge in [-0.05, 0) is 35.3 Å². The van der Waals surface area contributed by atoms with Crippen molar-refractivity contribution in [1.82, 2.24) is 0 Å². The Morgan fingerprint density at radius 2 is 2.13 bits per heavy atom. The molecule has 3 nitrogen and oxygen atoms in total. The quantitative estimate of drug-likeness (QED) is 0.847. The van der Waals surface area contributed by atoms with Gasteiger partial charge < -0.3 is 5.11 Å². The number of hydrogen-bond acceptors (Lipinski definition) is 3. The van der Waals surface area contributed by atoms with Crippen LogP contribution in [0.5, 0.6) is 0 Å². The van der Waals surface area contributed by atoms with Crippen molar-refractivity contribution < 1.29 is 14.7 Å². The maximum absolute atomic E-state index is 11.6. The van der Waals surface area contributed by atoms with Crippen molar-refractivity contribution in [2.75, 3.05) is 0 Å². The molecule has 82 valence electrons. The van der Waals surface area contributed by atoms with E-state index < -0.39 is 5.97 Å². The van der Waals surface area contributed by atoms with Gasteiger partial charge in [0.05, 0.1) is 4.88 Å². The maximum atomic E-state index is 11.6. The molecule has 0 atom stereocenters. The number of carboxylic acid groups (broad SMARTS) is 1. The molecule has 1 heterocycles. The number of Topliss-reactive ketones (excluding diaryl/α,β-unsaturated/α-hetero) is 1. The third-order valence-electron chi connectivity index (χ3n) is 1.86. The molecule has 0 aliphatic carbocycles. The lowest BCUT2D eigenvalue weighted by Gasteiger charge is -1.97. The summed E-state index contributed by atoms with van der Waals surface area (Å²) in [5, 5.41) is 8.44. The van der Waals surface area contributed by atoms with E-state index in [1.807, 2.05) is 13.0 Å². The Kier molecular flexibility index (Phi) is 4.47. The van der Waals surface area contributed by atoms with Gasteiger partial charge in [0.2, 0.25) is 0 Å². The number of carbonyl (C=O) groups is 2. The summed E-state index contributed by atoms with van der Waals surface area (Å²) in [5.41, 5.74) is 0. The molecule has 0 radical (unpaired) electrons. The van der Waals surface area contributed by atoms with Crippen LogP contribution in [-0.4, -0.2) is 16.9 Å². The third-order valence-corrected chi connectivity index (χ3v) is 3.84. The average molecular weight is 291 g/mol. The van der Waals surface area contributed by atoms with E-state index in [9.17, 15) is 9.59 Å². The highest BCUT2D eigenvalue weighted by Gasteiger charge is 2.13. The van der Waals surface area contributed by atoms with Gasteiger partial charge in [0.15, 0.2) is 5.78 Å². The van der Waals surface area contributed by atoms with Gasteiger partial charge in [0.25, 0.3) is 0 Å². The minimum absolute atomic E-state index is 0.0150. The topological polar surface area (TPSA) is 54.4 Å². The zero-order chi connectivity index (χ0) is 11.4. The van der Waals surface area contributed by atoms with Crippen molar-refractivity contribution in [2.45, 2.75) is 26.2 Å². The number of rotatable bonds is 5. The molecule has 1 aromatic rings. The molecule has 0 aliphatic heterocycles. The fourth-order valence-corrected chi connectivity index (χ4v) is 3.02. The van der Waals surface area contributed by atoms with Crippen LogP contribution >= 0.6 is 27.3 Å². The largest absolute Gasteiger partial charge is 0.481 e. The Morgan fingerprint density at radius 1 is 1.47 bits per heavy atom. The molecule has 1 N–H and O–H groups in total. The van der Waals surface area contributed by atoms with Gasteiger partial charge >= 0.3 is 5.97 Å². The molecular weight excluding hydrogens is 280 g/mol. The van der Waals surface area contributed by atoms with Gasteiger partial charge in [-0.1, -0.05) is 0 Å². The van der Waals surface area contributed by atoms with Crippen LogP contribution in [0.3, 0.4) is 0 Å². The fraction of sp³-hybridized carbons (Fsp3) is 0.400. The van der Waals surface area contributed by atoms with E-state index in [0.717, 1.165) is 9.35 Å². The van der Waals surface area contributed by atoms with Crippen LogP contribution in [0.15, 0.2) is 10.5 Å². The molecule has 0 spiro atoms. The number of aryl methyl sites for hydroxylation is 1. The van der Waals surface area contributed by atoms with Crippen molar-refractivity contribution >= 4 is 39.0 Å². The highest BCUT2D eigenvalue weighted by atomic mass is 79.9. The summed E-state index contributed by atoms with van der Waals surface area (Å²) in [7, 11) is 0. The lowest BCUT2D eigenvalue weighted by molar-refractivity contribution is -0.137. The minimum Gasteiger partial charge on any atom is -0.481 e. The molecule has 1 aromatic heterocycles. The highest BCUT2D eigenvalue weighted by molar-refractivity contribution is 9.10. The molecule has 0 unspecified atom stereocenters. The van der Waals surface area contributed by atoms with Crippen LogP contribution in [0, 0.1) is 6.92 Å². The monoisotopic (exact) mass is 290 g/mol. The van der Waals surface area contributed by atoms with Gasteiger partial charge in [-0.3, -0.25) is 9.59 Å². The summed E-state index contributed by atoms with van der Waals surface area (Å²) in [4.78, 5) is 23.7. The predicted octanol–water partition coefficient (Wildman–Crippen LogP) is 3.26. The van der Waals surface area contributed by atoms with E-state index in [0.29, 0.717) is 17.7 Å². The normalized spacial score (nSPS) is 10.3. The summed E-state index contributed by atoms with van der Waals surface area (Å²) in [5.74, 6) is -0.842. The average Bonchev–Trinajstić information content (AvgIpc) is 2.44. The Balaban J connectivity index is 2.54. The lowest BCUT2D eigenvalue weighted by atomic mass is 10.1. The molecule has 0 bridgehead atoms. The molecule has 1 rings (SSSR count). The summed E-state index contributed by atoms with van der Waals surface area (Å²) in [6.45, 7) is 1.93. The summed E-state index contributed by atoms with van der Waals surface area (Å²) >= 11 is 4.75. The zero-order valence-corrected chi connectivity index (χ0v) is 10.7. The Hall–Kier alpha value is -0.680. The molecule has 0 amide bonds. The number of aliphatic carboxylic acids is 1. The first-order valence-electron chi connectivity index (χ1n) is 4.51. The molecule has 5 heteroatoms. The smallest absolute Gasteiger partial charge is 0.303 e. The summed E-state index contributed by atoms with van der Waals surface area (Å²) in [6, 6.07) is 1.90. The van der Waals surface area contributed by atoms with Crippen LogP contribution in [-0.2, 0) is 4.79 Å². The van der Waals surface area contributed by atoms with E-state index in [-0.39, 0.29) is 12.2 Å². The van der Waals surface area contributed by atoms with Gasteiger partial charge in [0, 0.05) is 22.2 Å². The van der Waals surface area contributed by atoms with E-state index >= 15 is 0 Å². The third kappa shape index (κ3) is 3.76. The SMILES string of the molecule is Cc1cc(Br)c(C(=O)CCCC(=O)O)s1. The maximum Gasteiger partial charge on any atom is 0.303 e. The van der Waals surface area contributed by atoms with E-state index in [1.165, 1.54) is 11.3 Å². The first kappa shape index (κ1) is 12.4. The molecule has 15 heavy (non-hydrogen) atoms. The van der Waals surface area contributed by atoms with Crippen molar-refractivity contribution in [2.24, 2.45) is 0 Å². The first-order chi connectivity index (χ1) is 7.00. The Bertz CT molecular complexity index is 384. The molecule has 0 fully saturated rings. The van der Waals surface area contributed by atoms with Crippen LogP contribution < -0.4 is 0 Å². The number of thiophene rings is 1. The Morgan fingerprint density at radius 3 is 2.60 bits per heavy atom. The van der Waals surface area contributed by atoms with Crippen molar-refractivity contribution in [3.8, 4) is 0 Å². The van der Waals surface area contributed by atoms with E-state index in [2.05, 4.69) is 15.9 Å². The van der Waals surface area contributed by atoms with Gasteiger partial charge in [-0.25, -0.2) is 0 Å². The second kappa shape index (κ2) is 5.42. The number of ketones is 1. The molecule has 0 saturated carbocycles. The van der Waals surface area contributed by atoms with Crippen molar-refractivity contribution in [3.63, 3.8) is 0 Å². The molecule has 0 aliphatic rings. The van der Waals surface area contributed by atoms with Crippen LogP contribution in [0.4, 0.5) is 0 Å². The highest BCUT2D eigenvalue weighted by Crippen LogP contribution is 2.28. The molecular formula is C10H11BrO3S. The predicted molar refractivity (Wildman–Crippen MR) is 62.6 cm³/mol. The van der Waals surface area contributed by atoms with E-state index in [4.69, 9.17) is 5.11 Å². The summed E-state index contributed by atoms with van der Waals surface area (Å²) < 4.78 is 0.810. The summed E-state index contributed by atoms with van der Waals surface area (Å²) in [6.07, 6.45) is 0.746. The molecule has 0 saturated heterocycles. The van der Waals surface area contributed by atoms with Gasteiger partial charge in [0.1, 0.15) is 0 Å². The number of carboxylic acids is 1. The minimum atomic E-state index is -0.857. The van der Waals surface area contributed by atoms with Crippen molar-refractivity contribution in [1.29, 1.82) is 0 Å². The lowest BCUT2D eigenvalue weighted by Crippen LogP contribution is -2.00. The van der Waals surface area contributed by atoms with Crippen LogP contribution in [0.2, 0.25) is 0 Å². The van der Waals surface area contributed by atoms with Gasteiger partial charge in [-0.2, -0.15) is 0 Å². The van der Waals surface area contributed by atoms with Crippen molar-refractivity contribution in [3.05, 3.63) is 20.3 Å². The first-order valence-corrected chi connectivity index (χ1v) is 6.12.